The van der Waals surface area contributed by atoms with Gasteiger partial charge in [-0.1, -0.05) is 24.3 Å². The number of rotatable bonds is 4. The smallest absolute Gasteiger partial charge is 0.127 e. The van der Waals surface area contributed by atoms with Crippen LogP contribution in [-0.2, 0) is 0 Å². The van der Waals surface area contributed by atoms with Gasteiger partial charge in [0.25, 0.3) is 0 Å². The summed E-state index contributed by atoms with van der Waals surface area (Å²) in [6.07, 6.45) is 3.85. The topological polar surface area (TPSA) is 21.3 Å². The first-order chi connectivity index (χ1) is 8.38. The number of anilines is 1. The zero-order valence-corrected chi connectivity index (χ0v) is 9.76. The largest absolute Gasteiger partial charge is 0.457 e. The molecule has 0 aromatic heterocycles. The zero-order valence-electron chi connectivity index (χ0n) is 9.76. The summed E-state index contributed by atoms with van der Waals surface area (Å²) in [5.41, 5.74) is 1.04. The summed E-state index contributed by atoms with van der Waals surface area (Å²) in [5.74, 6) is 1.68. The molecule has 0 unspecified atom stereocenters. The van der Waals surface area contributed by atoms with Crippen LogP contribution >= 0.6 is 0 Å². The van der Waals surface area contributed by atoms with Crippen molar-refractivity contribution in [2.75, 3.05) is 5.32 Å². The third-order valence-corrected chi connectivity index (χ3v) is 2.25. The lowest BCUT2D eigenvalue weighted by atomic mass is 10.3. The van der Waals surface area contributed by atoms with E-state index in [4.69, 9.17) is 4.74 Å². The van der Waals surface area contributed by atoms with E-state index in [1.165, 1.54) is 0 Å². The highest BCUT2D eigenvalue weighted by atomic mass is 16.5. The number of allylic oxidation sites excluding steroid dienone is 1. The van der Waals surface area contributed by atoms with Crippen LogP contribution in [0.1, 0.15) is 6.92 Å². The standard InChI is InChI=1S/C15H15NO/c1-2-12-16-13-8-10-15(11-9-13)17-14-6-4-3-5-7-14/h2-12,16H,1H3/b12-2-. The molecule has 0 saturated heterocycles. The summed E-state index contributed by atoms with van der Waals surface area (Å²) in [7, 11) is 0. The highest BCUT2D eigenvalue weighted by molar-refractivity contribution is 5.48. The van der Waals surface area contributed by atoms with Gasteiger partial charge < -0.3 is 10.1 Å². The SMILES string of the molecule is C/C=C\Nc1ccc(Oc2ccccc2)cc1. The van der Waals surface area contributed by atoms with Crippen molar-refractivity contribution in [1.29, 1.82) is 0 Å². The minimum atomic E-state index is 0.835. The summed E-state index contributed by atoms with van der Waals surface area (Å²) in [6.45, 7) is 1.97. The van der Waals surface area contributed by atoms with E-state index >= 15 is 0 Å². The van der Waals surface area contributed by atoms with Crippen LogP contribution in [0.5, 0.6) is 11.5 Å². The maximum atomic E-state index is 5.69. The van der Waals surface area contributed by atoms with Crippen molar-refractivity contribution in [2.45, 2.75) is 6.92 Å². The first-order valence-electron chi connectivity index (χ1n) is 5.59. The minimum absolute atomic E-state index is 0.835. The predicted octanol–water partition coefficient (Wildman–Crippen LogP) is 4.42. The Morgan fingerprint density at radius 2 is 1.53 bits per heavy atom. The van der Waals surface area contributed by atoms with E-state index in [0.29, 0.717) is 0 Å². The van der Waals surface area contributed by atoms with E-state index < -0.39 is 0 Å². The summed E-state index contributed by atoms with van der Waals surface area (Å²) >= 11 is 0. The monoisotopic (exact) mass is 225 g/mol. The molecule has 0 fully saturated rings. The number of nitrogens with one attached hydrogen (secondary N) is 1. The number of hydrogen-bond donors (Lipinski definition) is 1. The van der Waals surface area contributed by atoms with E-state index in [0.717, 1.165) is 17.2 Å². The third-order valence-electron chi connectivity index (χ3n) is 2.25. The number of hydrogen-bond acceptors (Lipinski definition) is 2. The minimum Gasteiger partial charge on any atom is -0.457 e. The molecule has 17 heavy (non-hydrogen) atoms. The molecule has 2 aromatic carbocycles. The Morgan fingerprint density at radius 1 is 0.882 bits per heavy atom. The second kappa shape index (κ2) is 5.75. The fraction of sp³-hybridized carbons (Fsp3) is 0.0667. The average molecular weight is 225 g/mol. The quantitative estimate of drug-likeness (QED) is 0.831. The molecule has 0 spiro atoms. The second-order valence-electron chi connectivity index (χ2n) is 3.58. The first kappa shape index (κ1) is 11.3. The fourth-order valence-corrected chi connectivity index (χ4v) is 1.42. The molecular weight excluding hydrogens is 210 g/mol. The first-order valence-corrected chi connectivity index (χ1v) is 5.59. The third kappa shape index (κ3) is 3.38. The Hall–Kier alpha value is -2.22. The van der Waals surface area contributed by atoms with Crippen molar-refractivity contribution in [3.05, 3.63) is 66.9 Å². The molecule has 0 aliphatic carbocycles. The molecule has 0 radical (unpaired) electrons. The van der Waals surface area contributed by atoms with Crippen molar-refractivity contribution >= 4 is 5.69 Å². The normalized spacial score (nSPS) is 10.4. The molecule has 0 atom stereocenters. The lowest BCUT2D eigenvalue weighted by Gasteiger charge is -2.06. The Bertz CT molecular complexity index is 474. The van der Waals surface area contributed by atoms with E-state index in [-0.39, 0.29) is 0 Å². The number of para-hydroxylation sites is 1. The van der Waals surface area contributed by atoms with Gasteiger partial charge in [-0.2, -0.15) is 0 Å². The lowest BCUT2D eigenvalue weighted by molar-refractivity contribution is 0.483. The summed E-state index contributed by atoms with van der Waals surface area (Å²) in [6, 6.07) is 17.6. The Kier molecular flexibility index (Phi) is 3.81. The van der Waals surface area contributed by atoms with Gasteiger partial charge in [-0.15, -0.1) is 0 Å². The second-order valence-corrected chi connectivity index (χ2v) is 3.58. The van der Waals surface area contributed by atoms with Gasteiger partial charge in [0.15, 0.2) is 0 Å². The average Bonchev–Trinajstić information content (AvgIpc) is 2.39. The van der Waals surface area contributed by atoms with Gasteiger partial charge in [0, 0.05) is 5.69 Å². The molecule has 0 heterocycles. The molecule has 0 aliphatic heterocycles. The van der Waals surface area contributed by atoms with Crippen LogP contribution in [0.4, 0.5) is 5.69 Å². The summed E-state index contributed by atoms with van der Waals surface area (Å²) in [5, 5.41) is 3.15. The van der Waals surface area contributed by atoms with Crippen LogP contribution in [0, 0.1) is 0 Å². The molecule has 2 aromatic rings. The Morgan fingerprint density at radius 3 is 2.18 bits per heavy atom. The number of benzene rings is 2. The van der Waals surface area contributed by atoms with E-state index in [2.05, 4.69) is 5.32 Å². The van der Waals surface area contributed by atoms with Crippen LogP contribution < -0.4 is 10.1 Å². The van der Waals surface area contributed by atoms with Crippen LogP contribution in [0.25, 0.3) is 0 Å². The van der Waals surface area contributed by atoms with E-state index in [9.17, 15) is 0 Å². The molecule has 0 aliphatic rings. The van der Waals surface area contributed by atoms with Gasteiger partial charge in [0.1, 0.15) is 11.5 Å². The number of ether oxygens (including phenoxy) is 1. The molecule has 2 heteroatoms. The van der Waals surface area contributed by atoms with Gasteiger partial charge in [-0.25, -0.2) is 0 Å². The summed E-state index contributed by atoms with van der Waals surface area (Å²) < 4.78 is 5.69. The summed E-state index contributed by atoms with van der Waals surface area (Å²) in [4.78, 5) is 0. The maximum absolute atomic E-state index is 5.69. The molecule has 86 valence electrons. The molecular formula is C15H15NO. The Labute approximate surface area is 102 Å². The van der Waals surface area contributed by atoms with Gasteiger partial charge in [-0.3, -0.25) is 0 Å². The van der Waals surface area contributed by atoms with Crippen molar-refractivity contribution in [2.24, 2.45) is 0 Å². The predicted molar refractivity (Wildman–Crippen MR) is 71.4 cm³/mol. The molecule has 2 rings (SSSR count). The van der Waals surface area contributed by atoms with Gasteiger partial charge in [-0.05, 0) is 49.5 Å². The van der Waals surface area contributed by atoms with Crippen molar-refractivity contribution in [3.8, 4) is 11.5 Å². The molecule has 1 N–H and O–H groups in total. The Balaban J connectivity index is 2.03. The molecule has 2 nitrogen and oxygen atoms in total. The van der Waals surface area contributed by atoms with Crippen LogP contribution in [0.15, 0.2) is 66.9 Å². The molecule has 0 saturated carbocycles. The lowest BCUT2D eigenvalue weighted by Crippen LogP contribution is -1.87. The van der Waals surface area contributed by atoms with Crippen molar-refractivity contribution < 1.29 is 4.74 Å². The van der Waals surface area contributed by atoms with Crippen molar-refractivity contribution in [3.63, 3.8) is 0 Å². The highest BCUT2D eigenvalue weighted by Gasteiger charge is 1.95. The van der Waals surface area contributed by atoms with Gasteiger partial charge in [0.2, 0.25) is 0 Å². The molecule has 0 bridgehead atoms. The van der Waals surface area contributed by atoms with Gasteiger partial charge in [0.05, 0.1) is 0 Å². The fourth-order valence-electron chi connectivity index (χ4n) is 1.42. The van der Waals surface area contributed by atoms with E-state index in [1.54, 1.807) is 0 Å². The van der Waals surface area contributed by atoms with Gasteiger partial charge >= 0.3 is 0 Å². The van der Waals surface area contributed by atoms with Crippen LogP contribution in [-0.4, -0.2) is 0 Å². The van der Waals surface area contributed by atoms with Crippen LogP contribution in [0.3, 0.4) is 0 Å². The van der Waals surface area contributed by atoms with Crippen LogP contribution in [0.2, 0.25) is 0 Å². The molecule has 0 amide bonds. The van der Waals surface area contributed by atoms with Crippen molar-refractivity contribution in [1.82, 2.24) is 0 Å². The maximum Gasteiger partial charge on any atom is 0.127 e. The highest BCUT2D eigenvalue weighted by Crippen LogP contribution is 2.22. The van der Waals surface area contributed by atoms with E-state index in [1.807, 2.05) is 73.8 Å². The zero-order chi connectivity index (χ0) is 11.9.